The highest BCUT2D eigenvalue weighted by atomic mass is 16.6. The Morgan fingerprint density at radius 2 is 2.24 bits per heavy atom. The van der Waals surface area contributed by atoms with Crippen LogP contribution in [0.3, 0.4) is 0 Å². The lowest BCUT2D eigenvalue weighted by molar-refractivity contribution is 0.0939. The summed E-state index contributed by atoms with van der Waals surface area (Å²) in [4.78, 5) is 11.8. The molecule has 0 saturated heterocycles. The van der Waals surface area contributed by atoms with E-state index in [-0.39, 0.29) is 23.6 Å². The van der Waals surface area contributed by atoms with Gasteiger partial charge in [-0.15, -0.1) is 0 Å². The van der Waals surface area contributed by atoms with Crippen LogP contribution in [0.25, 0.3) is 0 Å². The number of hydrogen-bond acceptors (Lipinski definition) is 5. The number of nitrogens with two attached hydrogens (primary N) is 1. The fraction of sp³-hybridized carbons (Fsp3) is 0.636. The van der Waals surface area contributed by atoms with Gasteiger partial charge in [-0.3, -0.25) is 4.79 Å². The van der Waals surface area contributed by atoms with E-state index < -0.39 is 0 Å². The normalized spacial score (nSPS) is 12.6. The minimum absolute atomic E-state index is 0.0759. The highest BCUT2D eigenvalue weighted by molar-refractivity contribution is 5.93. The molecule has 96 valence electrons. The predicted molar refractivity (Wildman–Crippen MR) is 62.9 cm³/mol. The van der Waals surface area contributed by atoms with Gasteiger partial charge in [0.1, 0.15) is 0 Å². The van der Waals surface area contributed by atoms with E-state index in [0.717, 1.165) is 0 Å². The van der Waals surface area contributed by atoms with E-state index >= 15 is 0 Å². The van der Waals surface area contributed by atoms with Crippen LogP contribution in [-0.4, -0.2) is 30.8 Å². The lowest BCUT2D eigenvalue weighted by atomic mass is 10.1. The predicted octanol–water partition coefficient (Wildman–Crippen LogP) is 0.705. The number of hydrogen-bond donors (Lipinski definition) is 2. The average Bonchev–Trinajstić information content (AvgIpc) is 2.66. The van der Waals surface area contributed by atoms with Crippen molar-refractivity contribution in [3.05, 3.63) is 11.3 Å². The van der Waals surface area contributed by atoms with Gasteiger partial charge in [-0.25, -0.2) is 0 Å². The van der Waals surface area contributed by atoms with Crippen molar-refractivity contribution in [3.63, 3.8) is 0 Å². The van der Waals surface area contributed by atoms with E-state index in [1.165, 1.54) is 7.11 Å². The Hall–Kier alpha value is -1.56. The molecule has 0 aliphatic heterocycles. The highest BCUT2D eigenvalue weighted by Gasteiger charge is 2.19. The van der Waals surface area contributed by atoms with E-state index in [9.17, 15) is 4.79 Å². The molecule has 1 aromatic rings. The number of nitrogens with one attached hydrogen (secondary N) is 1. The van der Waals surface area contributed by atoms with Crippen LogP contribution in [0.5, 0.6) is 5.95 Å². The highest BCUT2D eigenvalue weighted by Crippen LogP contribution is 2.20. The second-order valence-corrected chi connectivity index (χ2v) is 4.27. The summed E-state index contributed by atoms with van der Waals surface area (Å²) in [5.74, 6) is 0.261. The van der Waals surface area contributed by atoms with Crippen molar-refractivity contribution in [3.8, 4) is 5.95 Å². The van der Waals surface area contributed by atoms with Crippen LogP contribution in [0.1, 0.15) is 29.9 Å². The number of ether oxygens (including phenoxy) is 1. The number of rotatable bonds is 5. The van der Waals surface area contributed by atoms with Crippen LogP contribution in [0.2, 0.25) is 0 Å². The molecule has 1 rings (SSSR count). The van der Waals surface area contributed by atoms with Crippen LogP contribution in [-0.2, 0) is 0 Å². The van der Waals surface area contributed by atoms with E-state index in [1.54, 1.807) is 6.92 Å². The smallest absolute Gasteiger partial charge is 0.314 e. The van der Waals surface area contributed by atoms with E-state index in [2.05, 4.69) is 10.5 Å². The third-order valence-corrected chi connectivity index (χ3v) is 2.64. The Bertz CT molecular complexity index is 387. The molecule has 6 nitrogen and oxygen atoms in total. The molecular formula is C11H19N3O3. The first-order valence-corrected chi connectivity index (χ1v) is 5.51. The summed E-state index contributed by atoms with van der Waals surface area (Å²) in [6.45, 7) is 6.13. The number of aromatic nitrogens is 1. The SMILES string of the molecule is COc1onc(C(=O)NCC(N)C(C)C)c1C. The van der Waals surface area contributed by atoms with Crippen molar-refractivity contribution in [1.82, 2.24) is 10.5 Å². The molecular weight excluding hydrogens is 222 g/mol. The maximum Gasteiger partial charge on any atom is 0.314 e. The summed E-state index contributed by atoms with van der Waals surface area (Å²) >= 11 is 0. The zero-order valence-corrected chi connectivity index (χ0v) is 10.6. The first kappa shape index (κ1) is 13.5. The monoisotopic (exact) mass is 241 g/mol. The average molecular weight is 241 g/mol. The van der Waals surface area contributed by atoms with E-state index in [4.69, 9.17) is 15.0 Å². The molecule has 6 heteroatoms. The van der Waals surface area contributed by atoms with Gasteiger partial charge in [-0.05, 0) is 12.8 Å². The van der Waals surface area contributed by atoms with Gasteiger partial charge < -0.3 is 20.3 Å². The number of amides is 1. The van der Waals surface area contributed by atoms with Crippen LogP contribution in [0.15, 0.2) is 4.52 Å². The topological polar surface area (TPSA) is 90.4 Å². The standard InChI is InChI=1S/C11H19N3O3/c1-6(2)8(12)5-13-10(15)9-7(3)11(16-4)17-14-9/h6,8H,5,12H2,1-4H3,(H,13,15). The van der Waals surface area contributed by atoms with Crippen LogP contribution >= 0.6 is 0 Å². The maximum absolute atomic E-state index is 11.8. The maximum atomic E-state index is 11.8. The van der Waals surface area contributed by atoms with Crippen molar-refractivity contribution >= 4 is 5.91 Å². The van der Waals surface area contributed by atoms with Crippen molar-refractivity contribution in [2.75, 3.05) is 13.7 Å². The Balaban J connectivity index is 2.61. The first-order valence-electron chi connectivity index (χ1n) is 5.51. The fourth-order valence-corrected chi connectivity index (χ4v) is 1.25. The van der Waals surface area contributed by atoms with Crippen molar-refractivity contribution in [1.29, 1.82) is 0 Å². The van der Waals surface area contributed by atoms with Gasteiger partial charge in [-0.1, -0.05) is 19.0 Å². The van der Waals surface area contributed by atoms with Crippen molar-refractivity contribution in [2.45, 2.75) is 26.8 Å². The van der Waals surface area contributed by atoms with E-state index in [0.29, 0.717) is 18.0 Å². The molecule has 3 N–H and O–H groups in total. The molecule has 1 unspecified atom stereocenters. The molecule has 1 heterocycles. The second-order valence-electron chi connectivity index (χ2n) is 4.27. The lowest BCUT2D eigenvalue weighted by Gasteiger charge is -2.15. The van der Waals surface area contributed by atoms with Gasteiger partial charge in [0.05, 0.1) is 12.7 Å². The molecule has 0 saturated carbocycles. The molecule has 0 radical (unpaired) electrons. The molecule has 0 fully saturated rings. The summed E-state index contributed by atoms with van der Waals surface area (Å²) in [5.41, 5.74) is 6.65. The summed E-state index contributed by atoms with van der Waals surface area (Å²) in [5, 5.41) is 6.37. The molecule has 0 spiro atoms. The van der Waals surface area contributed by atoms with Gasteiger partial charge >= 0.3 is 5.95 Å². The summed E-state index contributed by atoms with van der Waals surface area (Å²) in [6, 6.07) is -0.0759. The van der Waals surface area contributed by atoms with Gasteiger partial charge in [0, 0.05) is 12.6 Å². The van der Waals surface area contributed by atoms with Crippen LogP contribution in [0.4, 0.5) is 0 Å². The first-order chi connectivity index (χ1) is 7.97. The number of carbonyl (C=O) groups excluding carboxylic acids is 1. The Labute approximate surface area is 100 Å². The minimum Gasteiger partial charge on any atom is -0.467 e. The second kappa shape index (κ2) is 5.67. The van der Waals surface area contributed by atoms with Crippen LogP contribution in [0, 0.1) is 12.8 Å². The van der Waals surface area contributed by atoms with Gasteiger partial charge in [0.25, 0.3) is 5.91 Å². The largest absolute Gasteiger partial charge is 0.467 e. The van der Waals surface area contributed by atoms with Gasteiger partial charge in [-0.2, -0.15) is 0 Å². The van der Waals surface area contributed by atoms with Crippen LogP contribution < -0.4 is 15.8 Å². The molecule has 0 aromatic carbocycles. The van der Waals surface area contributed by atoms with E-state index in [1.807, 2.05) is 13.8 Å². The number of nitrogens with zero attached hydrogens (tertiary/aromatic N) is 1. The van der Waals surface area contributed by atoms with Gasteiger partial charge in [0.2, 0.25) is 0 Å². The molecule has 0 bridgehead atoms. The zero-order chi connectivity index (χ0) is 13.0. The Morgan fingerprint density at radius 1 is 1.59 bits per heavy atom. The molecule has 1 aromatic heterocycles. The molecule has 0 aliphatic rings. The van der Waals surface area contributed by atoms with Crippen molar-refractivity contribution < 1.29 is 14.1 Å². The summed E-state index contributed by atoms with van der Waals surface area (Å²) in [6.07, 6.45) is 0. The molecule has 1 atom stereocenters. The summed E-state index contributed by atoms with van der Waals surface area (Å²) in [7, 11) is 1.46. The van der Waals surface area contributed by atoms with Gasteiger partial charge in [0.15, 0.2) is 5.69 Å². The quantitative estimate of drug-likeness (QED) is 0.792. The molecule has 17 heavy (non-hydrogen) atoms. The third kappa shape index (κ3) is 3.20. The van der Waals surface area contributed by atoms with Crippen molar-refractivity contribution in [2.24, 2.45) is 11.7 Å². The minimum atomic E-state index is -0.300. The molecule has 0 aliphatic carbocycles. The number of methoxy groups -OCH3 is 1. The Morgan fingerprint density at radius 3 is 2.71 bits per heavy atom. The fourth-order valence-electron chi connectivity index (χ4n) is 1.25. The zero-order valence-electron chi connectivity index (χ0n) is 10.6. The Kier molecular flexibility index (Phi) is 4.51. The lowest BCUT2D eigenvalue weighted by Crippen LogP contribution is -2.40. The number of carbonyl (C=O) groups is 1. The summed E-state index contributed by atoms with van der Waals surface area (Å²) < 4.78 is 9.76. The molecule has 1 amide bonds. The third-order valence-electron chi connectivity index (χ3n) is 2.64.